The second-order valence-corrected chi connectivity index (χ2v) is 4.01. The van der Waals surface area contributed by atoms with Gasteiger partial charge in [-0.15, -0.1) is 0 Å². The number of hydrogen-bond acceptors (Lipinski definition) is 3. The Morgan fingerprint density at radius 2 is 2.05 bits per heavy atom. The minimum atomic E-state index is -4.43. The van der Waals surface area contributed by atoms with Gasteiger partial charge in [0.1, 0.15) is 0 Å². The Morgan fingerprint density at radius 3 is 2.67 bits per heavy atom. The van der Waals surface area contributed by atoms with Crippen LogP contribution in [-0.2, 0) is 6.18 Å². The van der Waals surface area contributed by atoms with Crippen LogP contribution in [0.5, 0.6) is 0 Å². The molecule has 0 amide bonds. The van der Waals surface area contributed by atoms with Crippen LogP contribution in [0.4, 0.5) is 13.2 Å². The third-order valence-corrected chi connectivity index (χ3v) is 2.62. The summed E-state index contributed by atoms with van der Waals surface area (Å²) in [7, 11) is 0. The molecular weight excluding hydrogens is 525 g/mol. The third kappa shape index (κ3) is 2.42. The Balaban J connectivity index is 0.00000161. The number of halogens is 3. The number of pyridine rings is 1. The summed E-state index contributed by atoms with van der Waals surface area (Å²) in [5, 5.41) is 0. The average molecular weight is 531 g/mol. The number of aromatic nitrogens is 4. The molecule has 0 bridgehead atoms. The summed E-state index contributed by atoms with van der Waals surface area (Å²) in [6.07, 6.45) is 1.53. The van der Waals surface area contributed by atoms with Gasteiger partial charge in [-0.05, 0) is 12.4 Å². The Kier molecular flexibility index (Phi) is 2.94. The number of nitrogens with one attached hydrogen (secondary N) is 1. The minimum absolute atomic E-state index is 0. The number of aromatic amines is 1. The smallest absolute Gasteiger partial charge is 0.409 e. The normalized spacial score (nSPS) is 11.4. The van der Waals surface area contributed by atoms with Crippen molar-refractivity contribution in [1.82, 2.24) is 19.4 Å². The van der Waals surface area contributed by atoms with Crippen molar-refractivity contribution in [1.29, 1.82) is 0 Å². The maximum Gasteiger partial charge on any atom is 0.409 e. The zero-order valence-electron chi connectivity index (χ0n) is 10.1. The van der Waals surface area contributed by atoms with Gasteiger partial charge in [0.2, 0.25) is 0 Å². The predicted molar refractivity (Wildman–Crippen MR) is 62.9 cm³/mol. The van der Waals surface area contributed by atoms with Crippen LogP contribution in [0.1, 0.15) is 5.56 Å². The van der Waals surface area contributed by atoms with E-state index >= 15 is 0 Å². The Bertz CT molecular complexity index is 820. The summed E-state index contributed by atoms with van der Waals surface area (Å²) in [6, 6.07) is 2.19. The van der Waals surface area contributed by atoms with Gasteiger partial charge in [0.15, 0.2) is 0 Å². The number of imidazole rings is 1. The first kappa shape index (κ1) is 13.8. The van der Waals surface area contributed by atoms with E-state index in [2.05, 4.69) is 21.1 Å². The van der Waals surface area contributed by atoms with Gasteiger partial charge in [-0.25, -0.2) is 0 Å². The molecule has 0 saturated carbocycles. The first-order chi connectivity index (χ1) is 9.43. The maximum atomic E-state index is 12.6. The topological polar surface area (TPSA) is 63.1 Å². The van der Waals surface area contributed by atoms with Crippen LogP contribution in [0.3, 0.4) is 0 Å². The zero-order chi connectivity index (χ0) is 14.3. The monoisotopic (exact) mass is 531 g/mol. The van der Waals surface area contributed by atoms with E-state index in [4.69, 9.17) is 0 Å². The van der Waals surface area contributed by atoms with E-state index in [0.717, 1.165) is 22.9 Å². The van der Waals surface area contributed by atoms with Crippen molar-refractivity contribution in [2.45, 2.75) is 6.18 Å². The van der Waals surface area contributed by atoms with Gasteiger partial charge in [0.25, 0.3) is 5.56 Å². The maximum absolute atomic E-state index is 12.6. The van der Waals surface area contributed by atoms with Crippen LogP contribution in [0, 0.1) is 6.20 Å². The van der Waals surface area contributed by atoms with Gasteiger partial charge in [-0.3, -0.25) is 14.8 Å². The Hall–Kier alpha value is -3.64. The summed E-state index contributed by atoms with van der Waals surface area (Å²) >= 11 is 0. The van der Waals surface area contributed by atoms with Crippen LogP contribution in [0.25, 0.3) is 17.0 Å². The van der Waals surface area contributed by atoms with Gasteiger partial charge in [-0.1, -0.05) is 18.3 Å². The van der Waals surface area contributed by atoms with Crippen molar-refractivity contribution < 1.29 is 13.2 Å². The van der Waals surface area contributed by atoms with Gasteiger partial charge in [-0.2, -0.15) is 13.2 Å². The van der Waals surface area contributed by atoms with Gasteiger partial charge in [0, 0.05) is 17.0 Å². The van der Waals surface area contributed by atoms with E-state index in [1.165, 1.54) is 12.3 Å². The molecule has 1 radical (unpaired) electrons. The fourth-order valence-electron chi connectivity index (χ4n) is 1.68. The molecule has 0 atom stereocenters. The molecule has 0 aliphatic carbocycles. The van der Waals surface area contributed by atoms with E-state index in [-0.39, 0.29) is 11.3 Å². The molecule has 0 saturated heterocycles. The van der Waals surface area contributed by atoms with E-state index in [9.17, 15) is 18.0 Å². The quantitative estimate of drug-likeness (QED) is 0.489. The molecule has 5 nitrogen and oxygen atoms in total. The fraction of sp³-hybridized carbons (Fsp3) is 0.0833. The molecule has 21 heavy (non-hydrogen) atoms. The average Bonchev–Trinajstić information content (AvgIpc) is 2.81. The second-order valence-electron chi connectivity index (χ2n) is 4.01. The summed E-state index contributed by atoms with van der Waals surface area (Å²) in [5.41, 5.74) is -0.292. The van der Waals surface area contributed by atoms with Crippen molar-refractivity contribution in [3.05, 3.63) is 52.8 Å². The molecule has 0 spiro atoms. The number of alkyl halides is 3. The number of H-pyrrole nitrogens is 1. The number of rotatable bonds is 1. The van der Waals surface area contributed by atoms with Crippen molar-refractivity contribution >= 4 is 5.65 Å². The van der Waals surface area contributed by atoms with Crippen LogP contribution < -0.4 is 5.56 Å². The molecule has 0 aliphatic rings. The van der Waals surface area contributed by atoms with Crippen molar-refractivity contribution in [3.63, 3.8) is 0 Å². The molecule has 1 N–H and O–H groups in total. The molecule has 9 heteroatoms. The first-order valence-corrected chi connectivity index (χ1v) is 5.47. The van der Waals surface area contributed by atoms with Gasteiger partial charge in [0.05, 0.1) is 11.8 Å². The van der Waals surface area contributed by atoms with Crippen molar-refractivity contribution in [2.24, 2.45) is 0 Å². The zero-order valence-corrected chi connectivity index (χ0v) is 12.6. The van der Waals surface area contributed by atoms with Crippen LogP contribution in [0.15, 0.2) is 35.5 Å². The molecule has 3 heterocycles. The van der Waals surface area contributed by atoms with Crippen molar-refractivity contribution in [2.75, 3.05) is 0 Å². The molecular formula is C12H6EsF3N4O-. The SMILES string of the molecule is O=c1cnc(-c2[c-]n3cc(C(F)(F)F)ccc3n2)c[nH]1.[Es]. The van der Waals surface area contributed by atoms with Gasteiger partial charge >= 0.3 is 6.18 Å². The molecule has 0 fully saturated rings. The predicted octanol–water partition coefficient (Wildman–Crippen LogP) is 1.90. The second kappa shape index (κ2) is 4.48. The van der Waals surface area contributed by atoms with Crippen LogP contribution >= 0.6 is 0 Å². The molecule has 3 aromatic rings. The number of fused-ring (bicyclic) bond motifs is 1. The molecule has 0 aromatic carbocycles. The van der Waals surface area contributed by atoms with Crippen LogP contribution in [-0.4, -0.2) is 19.4 Å². The minimum Gasteiger partial charge on any atom is -0.425 e. The fourth-order valence-corrected chi connectivity index (χ4v) is 1.68. The number of hydrogen-bond donors (Lipinski definition) is 1. The molecule has 113 valence electrons. The summed E-state index contributed by atoms with van der Waals surface area (Å²) in [4.78, 5) is 21.2. The Morgan fingerprint density at radius 1 is 1.29 bits per heavy atom. The first-order valence-electron chi connectivity index (χ1n) is 5.47. The van der Waals surface area contributed by atoms with Crippen molar-refractivity contribution in [3.8, 4) is 11.4 Å². The van der Waals surface area contributed by atoms with E-state index in [1.807, 2.05) is 0 Å². The summed E-state index contributed by atoms with van der Waals surface area (Å²) in [6.45, 7) is 0. The van der Waals surface area contributed by atoms with Crippen LogP contribution in [0.2, 0.25) is 0 Å². The standard InChI is InChI=1S/C12H6F3N4O.Es/c13-12(14,15)7-1-2-10-18-9(6-19(10)5-7)8-3-17-11(20)4-16-8;/h1-5H,(H,17,20);/q-1;. The molecule has 0 aliphatic heterocycles. The van der Waals surface area contributed by atoms with Gasteiger partial charge < -0.3 is 9.38 Å². The summed E-state index contributed by atoms with van der Waals surface area (Å²) < 4.78 is 38.9. The largest absolute Gasteiger partial charge is 0.425 e. The molecule has 3 rings (SSSR count). The number of nitrogens with zero attached hydrogens (tertiary/aromatic N) is 3. The van der Waals surface area contributed by atoms with E-state index < -0.39 is 11.7 Å². The third-order valence-electron chi connectivity index (χ3n) is 2.62. The molecule has 3 aromatic heterocycles. The Labute approximate surface area is 109 Å². The molecule has 0 unspecified atom stereocenters. The summed E-state index contributed by atoms with van der Waals surface area (Å²) in [5.74, 6) is 0. The van der Waals surface area contributed by atoms with E-state index in [0.29, 0.717) is 11.3 Å². The van der Waals surface area contributed by atoms with E-state index in [1.54, 1.807) is 0 Å².